The van der Waals surface area contributed by atoms with Crippen molar-refractivity contribution in [2.45, 2.75) is 44.7 Å². The average molecular weight is 457 g/mol. The molecule has 0 amide bonds. The number of rotatable bonds is 6. The molecule has 1 aromatic heterocycles. The fourth-order valence-electron chi connectivity index (χ4n) is 6.26. The van der Waals surface area contributed by atoms with Crippen LogP contribution in [-0.4, -0.2) is 22.6 Å². The first-order valence-electron chi connectivity index (χ1n) is 10.9. The van der Waals surface area contributed by atoms with Crippen molar-refractivity contribution in [3.8, 4) is 6.07 Å². The third kappa shape index (κ3) is 3.95. The molecular formula is C23H26Cl2N6. The lowest BCUT2D eigenvalue weighted by Crippen LogP contribution is -2.58. The molecule has 162 valence electrons. The SMILES string of the molecule is N#Cc1cnc(NCc2cccc(Cl)c2Cl)nc1NC[C@]12CC3C[C@H](C1)[C@@H](N)[C@@H](C3)C2. The van der Waals surface area contributed by atoms with E-state index in [0.29, 0.717) is 51.8 Å². The van der Waals surface area contributed by atoms with E-state index in [9.17, 15) is 5.26 Å². The normalized spacial score (nSPS) is 30.8. The van der Waals surface area contributed by atoms with Crippen LogP contribution in [0.5, 0.6) is 0 Å². The highest BCUT2D eigenvalue weighted by Gasteiger charge is 2.54. The monoisotopic (exact) mass is 456 g/mol. The standard InChI is InChI=1S/C23H26Cl2N6/c24-18-3-1-2-14(19(18)25)10-28-22-29-11-17(9-26)21(31-22)30-12-23-6-13-4-15(7-23)20(27)16(5-13)8-23/h1-3,11,13,15-16,20H,4-8,10,12,27H2,(H2,28,29,30,31)/t13?,15-,16+,20-,23-. The smallest absolute Gasteiger partial charge is 0.224 e. The number of hydrogen-bond donors (Lipinski definition) is 3. The molecule has 5 atom stereocenters. The number of halogens is 2. The Bertz CT molecular complexity index is 1020. The van der Waals surface area contributed by atoms with Crippen molar-refractivity contribution in [1.29, 1.82) is 5.26 Å². The van der Waals surface area contributed by atoms with Crippen molar-refractivity contribution in [2.75, 3.05) is 17.2 Å². The highest BCUT2D eigenvalue weighted by molar-refractivity contribution is 6.42. The molecule has 4 saturated carbocycles. The van der Waals surface area contributed by atoms with E-state index in [1.165, 1.54) is 32.1 Å². The average Bonchev–Trinajstić information content (AvgIpc) is 2.76. The summed E-state index contributed by atoms with van der Waals surface area (Å²) >= 11 is 12.4. The summed E-state index contributed by atoms with van der Waals surface area (Å²) in [5.41, 5.74) is 8.07. The summed E-state index contributed by atoms with van der Waals surface area (Å²) in [7, 11) is 0. The van der Waals surface area contributed by atoms with Crippen LogP contribution in [0.4, 0.5) is 11.8 Å². The van der Waals surface area contributed by atoms with Crippen LogP contribution in [0.1, 0.15) is 43.2 Å². The molecule has 4 N–H and O–H groups in total. The molecule has 8 heteroatoms. The van der Waals surface area contributed by atoms with Gasteiger partial charge in [-0.2, -0.15) is 10.2 Å². The van der Waals surface area contributed by atoms with E-state index in [0.717, 1.165) is 18.0 Å². The van der Waals surface area contributed by atoms with Gasteiger partial charge in [0.15, 0.2) is 0 Å². The molecular weight excluding hydrogens is 431 g/mol. The zero-order valence-electron chi connectivity index (χ0n) is 17.2. The Labute approximate surface area is 192 Å². The van der Waals surface area contributed by atoms with Crippen LogP contribution < -0.4 is 16.4 Å². The number of aromatic nitrogens is 2. The number of hydrogen-bond acceptors (Lipinski definition) is 6. The predicted octanol–water partition coefficient (Wildman–Crippen LogP) is 4.83. The molecule has 0 radical (unpaired) electrons. The fraction of sp³-hybridized carbons (Fsp3) is 0.522. The van der Waals surface area contributed by atoms with Crippen LogP contribution in [0.3, 0.4) is 0 Å². The molecule has 4 bridgehead atoms. The summed E-state index contributed by atoms with van der Waals surface area (Å²) in [6.07, 6.45) is 7.75. The minimum atomic E-state index is 0.270. The lowest BCUT2D eigenvalue weighted by molar-refractivity contribution is -0.0591. The first kappa shape index (κ1) is 20.8. The summed E-state index contributed by atoms with van der Waals surface area (Å²) in [4.78, 5) is 8.87. The Morgan fingerprint density at radius 1 is 1.16 bits per heavy atom. The van der Waals surface area contributed by atoms with Gasteiger partial charge in [-0.1, -0.05) is 35.3 Å². The second kappa shape index (κ2) is 8.12. The molecule has 4 aliphatic carbocycles. The second-order valence-electron chi connectivity index (χ2n) is 9.54. The number of benzene rings is 1. The highest BCUT2D eigenvalue weighted by Crippen LogP contribution is 2.59. The molecule has 0 spiro atoms. The number of anilines is 2. The molecule has 6 nitrogen and oxygen atoms in total. The molecule has 2 aromatic rings. The molecule has 0 saturated heterocycles. The summed E-state index contributed by atoms with van der Waals surface area (Å²) < 4.78 is 0. The van der Waals surface area contributed by atoms with E-state index in [1.807, 2.05) is 12.1 Å². The van der Waals surface area contributed by atoms with Crippen molar-refractivity contribution >= 4 is 35.0 Å². The largest absolute Gasteiger partial charge is 0.368 e. The van der Waals surface area contributed by atoms with Gasteiger partial charge < -0.3 is 16.4 Å². The van der Waals surface area contributed by atoms with Crippen molar-refractivity contribution < 1.29 is 0 Å². The van der Waals surface area contributed by atoms with E-state index in [-0.39, 0.29) is 5.41 Å². The van der Waals surface area contributed by atoms with E-state index in [1.54, 1.807) is 12.3 Å². The van der Waals surface area contributed by atoms with Crippen molar-refractivity contribution in [2.24, 2.45) is 28.9 Å². The quantitative estimate of drug-likeness (QED) is 0.575. The summed E-state index contributed by atoms with van der Waals surface area (Å²) in [6, 6.07) is 8.09. The fourth-order valence-corrected chi connectivity index (χ4v) is 6.65. The Hall–Kier alpha value is -2.07. The minimum Gasteiger partial charge on any atom is -0.368 e. The topological polar surface area (TPSA) is 99.6 Å². The Kier molecular flexibility index (Phi) is 5.45. The first-order valence-corrected chi connectivity index (χ1v) is 11.7. The van der Waals surface area contributed by atoms with E-state index >= 15 is 0 Å². The molecule has 31 heavy (non-hydrogen) atoms. The van der Waals surface area contributed by atoms with Crippen molar-refractivity contribution in [3.63, 3.8) is 0 Å². The Morgan fingerprint density at radius 2 is 1.94 bits per heavy atom. The molecule has 4 fully saturated rings. The van der Waals surface area contributed by atoms with Gasteiger partial charge in [0.1, 0.15) is 17.5 Å². The number of nitrogens with two attached hydrogens (primary N) is 1. The maximum Gasteiger partial charge on any atom is 0.224 e. The third-order valence-electron chi connectivity index (χ3n) is 7.48. The van der Waals surface area contributed by atoms with Crippen molar-refractivity contribution in [3.05, 3.63) is 45.6 Å². The highest BCUT2D eigenvalue weighted by atomic mass is 35.5. The van der Waals surface area contributed by atoms with Crippen LogP contribution in [0, 0.1) is 34.5 Å². The molecule has 6 rings (SSSR count). The van der Waals surface area contributed by atoms with Gasteiger partial charge in [0.05, 0.1) is 16.2 Å². The van der Waals surface area contributed by atoms with E-state index in [2.05, 4.69) is 26.7 Å². The zero-order valence-corrected chi connectivity index (χ0v) is 18.8. The molecule has 1 unspecified atom stereocenters. The Balaban J connectivity index is 1.29. The van der Waals surface area contributed by atoms with Gasteiger partial charge in [0.25, 0.3) is 0 Å². The van der Waals surface area contributed by atoms with Gasteiger partial charge in [-0.25, -0.2) is 4.98 Å². The summed E-state index contributed by atoms with van der Waals surface area (Å²) in [5.74, 6) is 3.13. The number of nitrogens with zero attached hydrogens (tertiary/aromatic N) is 3. The molecule has 0 aliphatic heterocycles. The third-order valence-corrected chi connectivity index (χ3v) is 8.34. The molecule has 4 aliphatic rings. The van der Waals surface area contributed by atoms with Crippen molar-refractivity contribution in [1.82, 2.24) is 9.97 Å². The van der Waals surface area contributed by atoms with Crippen LogP contribution in [0.25, 0.3) is 0 Å². The predicted molar refractivity (Wildman–Crippen MR) is 123 cm³/mol. The lowest BCUT2D eigenvalue weighted by Gasteiger charge is -2.59. The van der Waals surface area contributed by atoms with Crippen LogP contribution >= 0.6 is 23.2 Å². The maximum atomic E-state index is 9.54. The Morgan fingerprint density at radius 3 is 2.68 bits per heavy atom. The first-order chi connectivity index (χ1) is 15.0. The van der Waals surface area contributed by atoms with Gasteiger partial charge in [-0.3, -0.25) is 0 Å². The van der Waals surface area contributed by atoms with E-state index in [4.69, 9.17) is 28.9 Å². The molecule has 1 aromatic carbocycles. The van der Waals surface area contributed by atoms with Gasteiger partial charge in [0.2, 0.25) is 5.95 Å². The van der Waals surface area contributed by atoms with Crippen LogP contribution in [0.2, 0.25) is 10.0 Å². The van der Waals surface area contributed by atoms with Gasteiger partial charge in [-0.15, -0.1) is 0 Å². The number of nitrogens with one attached hydrogen (secondary N) is 2. The lowest BCUT2D eigenvalue weighted by atomic mass is 9.48. The summed E-state index contributed by atoms with van der Waals surface area (Å²) in [5, 5.41) is 17.3. The second-order valence-corrected chi connectivity index (χ2v) is 10.3. The molecule has 1 heterocycles. The van der Waals surface area contributed by atoms with Gasteiger partial charge in [0, 0.05) is 19.1 Å². The van der Waals surface area contributed by atoms with Crippen LogP contribution in [0.15, 0.2) is 24.4 Å². The summed E-state index contributed by atoms with van der Waals surface area (Å²) in [6.45, 7) is 1.27. The van der Waals surface area contributed by atoms with E-state index < -0.39 is 0 Å². The number of nitriles is 1. The zero-order chi connectivity index (χ0) is 21.6. The van der Waals surface area contributed by atoms with Gasteiger partial charge >= 0.3 is 0 Å². The van der Waals surface area contributed by atoms with Gasteiger partial charge in [-0.05, 0) is 66.9 Å². The maximum absolute atomic E-state index is 9.54. The van der Waals surface area contributed by atoms with Crippen LogP contribution in [-0.2, 0) is 6.54 Å². The minimum absolute atomic E-state index is 0.270.